The Hall–Kier alpha value is -2.37. The SMILES string of the molecule is Cc1ncn(-c2ncc(C(=O)O)cc2N)c1C. The minimum Gasteiger partial charge on any atom is -0.478 e. The van der Waals surface area contributed by atoms with Crippen LogP contribution in [0.15, 0.2) is 18.6 Å². The minimum atomic E-state index is -1.05. The molecule has 2 heterocycles. The van der Waals surface area contributed by atoms with E-state index >= 15 is 0 Å². The first-order valence-corrected chi connectivity index (χ1v) is 5.00. The van der Waals surface area contributed by atoms with Crippen LogP contribution in [0.1, 0.15) is 21.7 Å². The topological polar surface area (TPSA) is 94.0 Å². The van der Waals surface area contributed by atoms with Crippen LogP contribution in [0.25, 0.3) is 5.82 Å². The number of nitrogens with zero attached hydrogens (tertiary/aromatic N) is 3. The van der Waals surface area contributed by atoms with Gasteiger partial charge in [0.25, 0.3) is 0 Å². The number of aromatic nitrogens is 3. The smallest absolute Gasteiger partial charge is 0.337 e. The van der Waals surface area contributed by atoms with E-state index in [1.807, 2.05) is 13.8 Å². The van der Waals surface area contributed by atoms with Crippen molar-refractivity contribution in [1.29, 1.82) is 0 Å². The fourth-order valence-electron chi connectivity index (χ4n) is 1.51. The van der Waals surface area contributed by atoms with E-state index in [-0.39, 0.29) is 5.56 Å². The quantitative estimate of drug-likeness (QED) is 0.810. The first-order chi connectivity index (χ1) is 8.00. The van der Waals surface area contributed by atoms with Crippen molar-refractivity contribution in [2.45, 2.75) is 13.8 Å². The molecule has 0 aliphatic rings. The van der Waals surface area contributed by atoms with E-state index in [0.717, 1.165) is 11.4 Å². The fraction of sp³-hybridized carbons (Fsp3) is 0.182. The summed E-state index contributed by atoms with van der Waals surface area (Å²) in [5, 5.41) is 8.81. The molecular formula is C11H12N4O2. The van der Waals surface area contributed by atoms with Gasteiger partial charge in [0.05, 0.1) is 16.9 Å². The Bertz CT molecular complexity index is 589. The summed E-state index contributed by atoms with van der Waals surface area (Å²) >= 11 is 0. The largest absolute Gasteiger partial charge is 0.478 e. The molecule has 0 bridgehead atoms. The Morgan fingerprint density at radius 1 is 1.41 bits per heavy atom. The molecule has 3 N–H and O–H groups in total. The van der Waals surface area contributed by atoms with Crippen LogP contribution in [-0.4, -0.2) is 25.6 Å². The summed E-state index contributed by atoms with van der Waals surface area (Å²) in [5.41, 5.74) is 7.98. The summed E-state index contributed by atoms with van der Waals surface area (Å²) in [6, 6.07) is 1.39. The number of hydrogen-bond acceptors (Lipinski definition) is 4. The number of aryl methyl sites for hydroxylation is 1. The van der Waals surface area contributed by atoms with Gasteiger partial charge in [-0.2, -0.15) is 0 Å². The summed E-state index contributed by atoms with van der Waals surface area (Å²) in [6.45, 7) is 3.78. The van der Waals surface area contributed by atoms with E-state index in [2.05, 4.69) is 9.97 Å². The molecule has 6 heteroatoms. The van der Waals surface area contributed by atoms with Crippen molar-refractivity contribution in [3.05, 3.63) is 35.5 Å². The lowest BCUT2D eigenvalue weighted by Gasteiger charge is -2.08. The van der Waals surface area contributed by atoms with Gasteiger partial charge in [-0.1, -0.05) is 0 Å². The molecule has 2 rings (SSSR count). The first-order valence-electron chi connectivity index (χ1n) is 5.00. The van der Waals surface area contributed by atoms with Crippen LogP contribution in [0.3, 0.4) is 0 Å². The van der Waals surface area contributed by atoms with E-state index in [1.54, 1.807) is 10.9 Å². The number of nitrogen functional groups attached to an aromatic ring is 1. The van der Waals surface area contributed by atoms with Crippen LogP contribution < -0.4 is 5.73 Å². The molecule has 2 aromatic heterocycles. The highest BCUT2D eigenvalue weighted by Gasteiger charge is 2.11. The number of anilines is 1. The van der Waals surface area contributed by atoms with Gasteiger partial charge in [0, 0.05) is 11.9 Å². The van der Waals surface area contributed by atoms with Crippen molar-refractivity contribution in [2.24, 2.45) is 0 Å². The number of pyridine rings is 1. The molecule has 0 aliphatic carbocycles. The molecule has 88 valence electrons. The van der Waals surface area contributed by atoms with Crippen molar-refractivity contribution < 1.29 is 9.90 Å². The summed E-state index contributed by atoms with van der Waals surface area (Å²) < 4.78 is 1.73. The van der Waals surface area contributed by atoms with Gasteiger partial charge in [-0.25, -0.2) is 14.8 Å². The third-order valence-electron chi connectivity index (χ3n) is 2.62. The molecule has 0 radical (unpaired) electrons. The second-order valence-corrected chi connectivity index (χ2v) is 3.73. The number of hydrogen-bond donors (Lipinski definition) is 2. The summed E-state index contributed by atoms with van der Waals surface area (Å²) in [4.78, 5) is 19.0. The number of rotatable bonds is 2. The highest BCUT2D eigenvalue weighted by Crippen LogP contribution is 2.18. The van der Waals surface area contributed by atoms with Crippen LogP contribution >= 0.6 is 0 Å². The summed E-state index contributed by atoms with van der Waals surface area (Å²) in [7, 11) is 0. The maximum Gasteiger partial charge on any atom is 0.337 e. The molecule has 17 heavy (non-hydrogen) atoms. The van der Waals surface area contributed by atoms with Crippen molar-refractivity contribution in [2.75, 3.05) is 5.73 Å². The Morgan fingerprint density at radius 2 is 2.12 bits per heavy atom. The van der Waals surface area contributed by atoms with Crippen molar-refractivity contribution in [3.63, 3.8) is 0 Å². The molecule has 2 aromatic rings. The molecule has 0 atom stereocenters. The standard InChI is InChI=1S/C11H12N4O2/c1-6-7(2)15(5-14-6)10-9(12)3-8(4-13-10)11(16)17/h3-5H,12H2,1-2H3,(H,16,17). The maximum absolute atomic E-state index is 10.8. The number of carbonyl (C=O) groups is 1. The summed E-state index contributed by atoms with van der Waals surface area (Å²) in [5.74, 6) is -0.553. The molecule has 6 nitrogen and oxygen atoms in total. The molecular weight excluding hydrogens is 220 g/mol. The zero-order valence-corrected chi connectivity index (χ0v) is 9.51. The second-order valence-electron chi connectivity index (χ2n) is 3.73. The lowest BCUT2D eigenvalue weighted by atomic mass is 10.2. The zero-order chi connectivity index (χ0) is 12.6. The molecule has 0 saturated carbocycles. The monoisotopic (exact) mass is 232 g/mol. The Balaban J connectivity index is 2.54. The number of imidazole rings is 1. The maximum atomic E-state index is 10.8. The summed E-state index contributed by atoms with van der Waals surface area (Å²) in [6.07, 6.45) is 2.90. The van der Waals surface area contributed by atoms with E-state index in [9.17, 15) is 4.79 Å². The van der Waals surface area contributed by atoms with E-state index < -0.39 is 5.97 Å². The van der Waals surface area contributed by atoms with Crippen LogP contribution in [-0.2, 0) is 0 Å². The molecule has 0 fully saturated rings. The van der Waals surface area contributed by atoms with Gasteiger partial charge >= 0.3 is 5.97 Å². The van der Waals surface area contributed by atoms with Gasteiger partial charge in [0.2, 0.25) is 0 Å². The molecule has 0 aromatic carbocycles. The van der Waals surface area contributed by atoms with Gasteiger partial charge in [-0.3, -0.25) is 4.57 Å². The predicted molar refractivity (Wildman–Crippen MR) is 62.2 cm³/mol. The molecule has 0 unspecified atom stereocenters. The van der Waals surface area contributed by atoms with Crippen LogP contribution in [0.4, 0.5) is 5.69 Å². The number of aromatic carboxylic acids is 1. The van der Waals surface area contributed by atoms with Gasteiger partial charge in [-0.05, 0) is 19.9 Å². The van der Waals surface area contributed by atoms with Crippen LogP contribution in [0.5, 0.6) is 0 Å². The van der Waals surface area contributed by atoms with Crippen molar-refractivity contribution in [3.8, 4) is 5.82 Å². The molecule has 0 amide bonds. The van der Waals surface area contributed by atoms with Gasteiger partial charge < -0.3 is 10.8 Å². The average molecular weight is 232 g/mol. The Labute approximate surface area is 97.7 Å². The minimum absolute atomic E-state index is 0.0701. The fourth-order valence-corrected chi connectivity index (χ4v) is 1.51. The van der Waals surface area contributed by atoms with Crippen molar-refractivity contribution in [1.82, 2.24) is 14.5 Å². The van der Waals surface area contributed by atoms with Gasteiger partial charge in [0.1, 0.15) is 6.33 Å². The number of carboxylic acids is 1. The van der Waals surface area contributed by atoms with Gasteiger partial charge in [-0.15, -0.1) is 0 Å². The first kappa shape index (κ1) is 11.1. The van der Waals surface area contributed by atoms with Gasteiger partial charge in [0.15, 0.2) is 5.82 Å². The second kappa shape index (κ2) is 3.89. The van der Waals surface area contributed by atoms with Crippen LogP contribution in [0, 0.1) is 13.8 Å². The van der Waals surface area contributed by atoms with E-state index in [4.69, 9.17) is 10.8 Å². The number of carboxylic acid groups (broad SMARTS) is 1. The number of nitrogens with two attached hydrogens (primary N) is 1. The van der Waals surface area contributed by atoms with E-state index in [0.29, 0.717) is 11.5 Å². The zero-order valence-electron chi connectivity index (χ0n) is 9.51. The highest BCUT2D eigenvalue weighted by molar-refractivity contribution is 5.88. The molecule has 0 aliphatic heterocycles. The molecule has 0 spiro atoms. The van der Waals surface area contributed by atoms with E-state index in [1.165, 1.54) is 12.3 Å². The Kier molecular flexibility index (Phi) is 2.55. The average Bonchev–Trinajstić information content (AvgIpc) is 2.60. The predicted octanol–water partition coefficient (Wildman–Crippen LogP) is 1.16. The molecule has 0 saturated heterocycles. The normalized spacial score (nSPS) is 10.5. The third kappa shape index (κ3) is 1.84. The third-order valence-corrected chi connectivity index (χ3v) is 2.62. The van der Waals surface area contributed by atoms with Crippen LogP contribution in [0.2, 0.25) is 0 Å². The lowest BCUT2D eigenvalue weighted by Crippen LogP contribution is -2.06. The van der Waals surface area contributed by atoms with Crippen molar-refractivity contribution >= 4 is 11.7 Å². The highest BCUT2D eigenvalue weighted by atomic mass is 16.4. The Morgan fingerprint density at radius 3 is 2.59 bits per heavy atom. The lowest BCUT2D eigenvalue weighted by molar-refractivity contribution is 0.0696.